The summed E-state index contributed by atoms with van der Waals surface area (Å²) < 4.78 is 5.59. The van der Waals surface area contributed by atoms with Gasteiger partial charge in [0.15, 0.2) is 0 Å². The van der Waals surface area contributed by atoms with E-state index in [0.717, 1.165) is 0 Å². The summed E-state index contributed by atoms with van der Waals surface area (Å²) in [5.41, 5.74) is -0.0597. The van der Waals surface area contributed by atoms with Crippen LogP contribution in [0.5, 0.6) is 0 Å². The van der Waals surface area contributed by atoms with Crippen LogP contribution in [0.4, 0.5) is 0 Å². The Morgan fingerprint density at radius 2 is 2.00 bits per heavy atom. The molecule has 0 amide bonds. The highest BCUT2D eigenvalue weighted by Gasteiger charge is 2.20. The molecule has 0 aliphatic rings. The Labute approximate surface area is 98.1 Å². The first-order chi connectivity index (χ1) is 7.38. The van der Waals surface area contributed by atoms with E-state index in [1.807, 2.05) is 20.8 Å². The van der Waals surface area contributed by atoms with Gasteiger partial charge in [-0.2, -0.15) is 4.98 Å². The molecule has 0 radical (unpaired) electrons. The molecule has 0 fully saturated rings. The van der Waals surface area contributed by atoms with E-state index in [2.05, 4.69) is 4.98 Å². The van der Waals surface area contributed by atoms with Crippen LogP contribution in [0.3, 0.4) is 0 Å². The molecule has 1 aromatic carbocycles. The van der Waals surface area contributed by atoms with Gasteiger partial charge in [0, 0.05) is 10.4 Å². The van der Waals surface area contributed by atoms with Crippen molar-refractivity contribution in [3.8, 4) is 0 Å². The Morgan fingerprint density at radius 3 is 2.62 bits per heavy atom. The summed E-state index contributed by atoms with van der Waals surface area (Å²) in [5.74, 6) is 0.437. The van der Waals surface area contributed by atoms with Crippen LogP contribution in [-0.4, -0.2) is 4.98 Å². The van der Waals surface area contributed by atoms with Gasteiger partial charge in [-0.1, -0.05) is 32.4 Å². The molecule has 0 aliphatic heterocycles. The van der Waals surface area contributed by atoms with Crippen LogP contribution in [0, 0.1) is 0 Å². The normalized spacial score (nSPS) is 12.0. The summed E-state index contributed by atoms with van der Waals surface area (Å²) in [5, 5.41) is 0.922. The molecule has 1 aromatic heterocycles. The molecule has 3 nitrogen and oxygen atoms in total. The van der Waals surface area contributed by atoms with Gasteiger partial charge < -0.3 is 4.42 Å². The van der Waals surface area contributed by atoms with Crippen molar-refractivity contribution in [1.29, 1.82) is 0 Å². The Kier molecular flexibility index (Phi) is 2.50. The Morgan fingerprint density at radius 1 is 1.31 bits per heavy atom. The number of fused-ring (bicyclic) bond motifs is 1. The zero-order chi connectivity index (χ0) is 11.9. The maximum atomic E-state index is 11.8. The van der Waals surface area contributed by atoms with Crippen molar-refractivity contribution in [3.63, 3.8) is 0 Å². The summed E-state index contributed by atoms with van der Waals surface area (Å²) in [6.45, 7) is 5.83. The zero-order valence-electron chi connectivity index (χ0n) is 9.37. The second-order valence-corrected chi connectivity index (χ2v) is 5.15. The van der Waals surface area contributed by atoms with Gasteiger partial charge in [-0.15, -0.1) is 0 Å². The summed E-state index contributed by atoms with van der Waals surface area (Å²) >= 11 is 5.81. The molecule has 0 spiro atoms. The van der Waals surface area contributed by atoms with E-state index >= 15 is 0 Å². The van der Waals surface area contributed by atoms with Gasteiger partial charge in [-0.05, 0) is 18.2 Å². The third-order valence-corrected chi connectivity index (χ3v) is 2.46. The molecule has 0 saturated carbocycles. The lowest BCUT2D eigenvalue weighted by Crippen LogP contribution is -2.19. The van der Waals surface area contributed by atoms with Crippen LogP contribution in [0.2, 0.25) is 5.02 Å². The fourth-order valence-corrected chi connectivity index (χ4v) is 1.53. The zero-order valence-corrected chi connectivity index (χ0v) is 10.1. The molecule has 1 heterocycles. The van der Waals surface area contributed by atoms with Crippen LogP contribution in [0.1, 0.15) is 26.7 Å². The molecule has 2 aromatic rings. The number of benzene rings is 1. The van der Waals surface area contributed by atoms with Gasteiger partial charge in [0.05, 0.1) is 5.39 Å². The Balaban J connectivity index is 2.79. The smallest absolute Gasteiger partial charge is 0.283 e. The van der Waals surface area contributed by atoms with Gasteiger partial charge in [-0.25, -0.2) is 0 Å². The van der Waals surface area contributed by atoms with Crippen LogP contribution < -0.4 is 5.56 Å². The van der Waals surface area contributed by atoms with E-state index in [9.17, 15) is 4.79 Å². The quantitative estimate of drug-likeness (QED) is 0.707. The molecule has 16 heavy (non-hydrogen) atoms. The highest BCUT2D eigenvalue weighted by atomic mass is 35.5. The van der Waals surface area contributed by atoms with E-state index in [-0.39, 0.29) is 11.0 Å². The number of hydrogen-bond donors (Lipinski definition) is 0. The van der Waals surface area contributed by atoms with Crippen molar-refractivity contribution >= 4 is 22.6 Å². The third-order valence-electron chi connectivity index (χ3n) is 2.22. The number of rotatable bonds is 0. The highest BCUT2D eigenvalue weighted by Crippen LogP contribution is 2.23. The van der Waals surface area contributed by atoms with Crippen molar-refractivity contribution < 1.29 is 4.42 Å². The average Bonchev–Trinajstić information content (AvgIpc) is 2.17. The molecular formula is C12H12ClNO2. The highest BCUT2D eigenvalue weighted by molar-refractivity contribution is 6.31. The van der Waals surface area contributed by atoms with Crippen LogP contribution >= 0.6 is 11.6 Å². The minimum atomic E-state index is -0.298. The standard InChI is InChI=1S/C12H12ClNO2/c1-12(2,3)11-14-10(15)8-6-7(13)4-5-9(8)16-11/h4-6H,1-3H3. The summed E-state index contributed by atoms with van der Waals surface area (Å²) in [4.78, 5) is 15.7. The first-order valence-electron chi connectivity index (χ1n) is 4.99. The molecule has 0 saturated heterocycles. The second kappa shape index (κ2) is 3.59. The van der Waals surface area contributed by atoms with E-state index in [1.54, 1.807) is 18.2 Å². The van der Waals surface area contributed by atoms with Crippen LogP contribution in [0.25, 0.3) is 11.0 Å². The number of halogens is 1. The maximum Gasteiger partial charge on any atom is 0.283 e. The van der Waals surface area contributed by atoms with Crippen molar-refractivity contribution in [3.05, 3.63) is 39.5 Å². The van der Waals surface area contributed by atoms with Gasteiger partial charge in [0.1, 0.15) is 5.58 Å². The first kappa shape index (κ1) is 11.1. The van der Waals surface area contributed by atoms with Gasteiger partial charge in [0.25, 0.3) is 5.56 Å². The summed E-state index contributed by atoms with van der Waals surface area (Å²) in [6.07, 6.45) is 0. The minimum Gasteiger partial charge on any atom is -0.441 e. The van der Waals surface area contributed by atoms with E-state index in [1.165, 1.54) is 0 Å². The molecule has 0 unspecified atom stereocenters. The molecule has 4 heteroatoms. The molecule has 0 atom stereocenters. The minimum absolute atomic E-state index is 0.285. The first-order valence-corrected chi connectivity index (χ1v) is 5.36. The predicted octanol–water partition coefficient (Wildman–Crippen LogP) is 3.14. The topological polar surface area (TPSA) is 43.1 Å². The van der Waals surface area contributed by atoms with E-state index in [4.69, 9.17) is 16.0 Å². The van der Waals surface area contributed by atoms with E-state index in [0.29, 0.717) is 21.9 Å². The third kappa shape index (κ3) is 1.95. The largest absolute Gasteiger partial charge is 0.441 e. The molecule has 0 bridgehead atoms. The summed E-state index contributed by atoms with van der Waals surface area (Å²) in [6, 6.07) is 4.96. The number of nitrogens with zero attached hydrogens (tertiary/aromatic N) is 1. The summed E-state index contributed by atoms with van der Waals surface area (Å²) in [7, 11) is 0. The van der Waals surface area contributed by atoms with Gasteiger partial charge >= 0.3 is 0 Å². The molecule has 0 N–H and O–H groups in total. The van der Waals surface area contributed by atoms with Crippen LogP contribution in [-0.2, 0) is 5.41 Å². The monoisotopic (exact) mass is 237 g/mol. The lowest BCUT2D eigenvalue weighted by molar-refractivity contribution is 0.394. The SMILES string of the molecule is CC(C)(C)c1nc(=O)c2cc(Cl)ccc2o1. The maximum absolute atomic E-state index is 11.8. The molecular weight excluding hydrogens is 226 g/mol. The van der Waals surface area contributed by atoms with E-state index < -0.39 is 0 Å². The number of hydrogen-bond acceptors (Lipinski definition) is 3. The Bertz CT molecular complexity index is 596. The molecule has 0 aliphatic carbocycles. The average molecular weight is 238 g/mol. The Hall–Kier alpha value is -1.35. The lowest BCUT2D eigenvalue weighted by atomic mass is 9.97. The predicted molar refractivity (Wildman–Crippen MR) is 64.0 cm³/mol. The van der Waals surface area contributed by atoms with Crippen molar-refractivity contribution in [2.75, 3.05) is 0 Å². The molecule has 2 rings (SSSR count). The molecule has 84 valence electrons. The van der Waals surface area contributed by atoms with Crippen molar-refractivity contribution in [2.24, 2.45) is 0 Å². The van der Waals surface area contributed by atoms with Crippen LogP contribution in [0.15, 0.2) is 27.4 Å². The van der Waals surface area contributed by atoms with Crippen molar-refractivity contribution in [1.82, 2.24) is 4.98 Å². The second-order valence-electron chi connectivity index (χ2n) is 4.71. The number of aromatic nitrogens is 1. The fourth-order valence-electron chi connectivity index (χ4n) is 1.36. The van der Waals surface area contributed by atoms with Gasteiger partial charge in [0.2, 0.25) is 5.89 Å². The van der Waals surface area contributed by atoms with Gasteiger partial charge in [-0.3, -0.25) is 4.79 Å². The van der Waals surface area contributed by atoms with Crippen molar-refractivity contribution in [2.45, 2.75) is 26.2 Å². The fraction of sp³-hybridized carbons (Fsp3) is 0.333. The lowest BCUT2D eigenvalue weighted by Gasteiger charge is -2.15.